The van der Waals surface area contributed by atoms with Gasteiger partial charge in [-0.3, -0.25) is 9.78 Å². The molecule has 5 heteroatoms. The predicted molar refractivity (Wildman–Crippen MR) is 105 cm³/mol. The highest BCUT2D eigenvalue weighted by Gasteiger charge is 2.46. The molecule has 2 aliphatic rings. The van der Waals surface area contributed by atoms with Crippen molar-refractivity contribution in [3.63, 3.8) is 0 Å². The van der Waals surface area contributed by atoms with E-state index >= 15 is 0 Å². The first-order valence-corrected chi connectivity index (χ1v) is 9.84. The van der Waals surface area contributed by atoms with Crippen molar-refractivity contribution in [3.05, 3.63) is 29.6 Å². The smallest absolute Gasteiger partial charge is 0.228 e. The first kappa shape index (κ1) is 20.8. The van der Waals surface area contributed by atoms with Crippen LogP contribution in [0, 0.1) is 5.41 Å². The summed E-state index contributed by atoms with van der Waals surface area (Å²) < 4.78 is 0. The number of hydrogen-bond acceptors (Lipinski definition) is 4. The van der Waals surface area contributed by atoms with Gasteiger partial charge in [0.05, 0.1) is 17.7 Å². The van der Waals surface area contributed by atoms with Gasteiger partial charge in [-0.1, -0.05) is 19.9 Å². The molecular weight excluding hydrogens is 326 g/mol. The lowest BCUT2D eigenvalue weighted by atomic mass is 9.77. The maximum absolute atomic E-state index is 12.1. The Morgan fingerprint density at radius 3 is 2.12 bits per heavy atom. The molecule has 0 atom stereocenters. The van der Waals surface area contributed by atoms with Gasteiger partial charge in [-0.2, -0.15) is 0 Å². The second-order valence-corrected chi connectivity index (χ2v) is 8.28. The Kier molecular flexibility index (Phi) is 7.18. The van der Waals surface area contributed by atoms with Gasteiger partial charge in [0.2, 0.25) is 5.91 Å². The van der Waals surface area contributed by atoms with Crippen LogP contribution in [0.15, 0.2) is 18.3 Å². The van der Waals surface area contributed by atoms with Gasteiger partial charge in [0.25, 0.3) is 0 Å². The number of rotatable bonds is 3. The Morgan fingerprint density at radius 1 is 1.12 bits per heavy atom. The van der Waals surface area contributed by atoms with Gasteiger partial charge in [0.1, 0.15) is 0 Å². The maximum Gasteiger partial charge on any atom is 0.228 e. The molecule has 26 heavy (non-hydrogen) atoms. The fraction of sp³-hybridized carbons (Fsp3) is 0.714. The Balaban J connectivity index is 0.000000197. The van der Waals surface area contributed by atoms with E-state index in [0.717, 1.165) is 44.6 Å². The van der Waals surface area contributed by atoms with Crippen molar-refractivity contribution in [2.75, 3.05) is 26.7 Å². The van der Waals surface area contributed by atoms with Crippen LogP contribution in [0.2, 0.25) is 0 Å². The second kappa shape index (κ2) is 8.96. The van der Waals surface area contributed by atoms with Crippen LogP contribution in [0.5, 0.6) is 0 Å². The molecule has 2 aliphatic heterocycles. The predicted octanol–water partition coefficient (Wildman–Crippen LogP) is 3.04. The zero-order valence-corrected chi connectivity index (χ0v) is 17.0. The van der Waals surface area contributed by atoms with Crippen LogP contribution in [0.4, 0.5) is 0 Å². The number of piperidine rings is 1. The van der Waals surface area contributed by atoms with Crippen molar-refractivity contribution >= 4 is 5.91 Å². The third kappa shape index (κ3) is 4.83. The van der Waals surface area contributed by atoms with Crippen molar-refractivity contribution in [2.45, 2.75) is 65.5 Å². The molecule has 3 rings (SSSR count). The van der Waals surface area contributed by atoms with E-state index in [1.165, 1.54) is 5.56 Å². The van der Waals surface area contributed by atoms with Crippen LogP contribution in [0.25, 0.3) is 0 Å². The Hall–Kier alpha value is -1.46. The molecule has 1 spiro atoms. The monoisotopic (exact) mass is 361 g/mol. The van der Waals surface area contributed by atoms with Crippen LogP contribution in [0.1, 0.15) is 64.1 Å². The molecule has 1 amide bonds. The Labute approximate surface area is 158 Å². The van der Waals surface area contributed by atoms with E-state index in [1.54, 1.807) is 0 Å². The molecule has 1 N–H and O–H groups in total. The topological polar surface area (TPSA) is 56.7 Å². The lowest BCUT2D eigenvalue weighted by Gasteiger charge is -2.39. The zero-order valence-electron chi connectivity index (χ0n) is 17.0. The van der Waals surface area contributed by atoms with Gasteiger partial charge in [-0.25, -0.2) is 0 Å². The average molecular weight is 362 g/mol. The molecule has 2 fully saturated rings. The lowest BCUT2D eigenvalue weighted by molar-refractivity contribution is -0.137. The molecular formula is C21H35N3O2. The number of aromatic nitrogens is 1. The van der Waals surface area contributed by atoms with Gasteiger partial charge in [-0.05, 0) is 63.7 Å². The minimum Gasteiger partial charge on any atom is -0.390 e. The van der Waals surface area contributed by atoms with Crippen molar-refractivity contribution in [2.24, 2.45) is 5.41 Å². The second-order valence-electron chi connectivity index (χ2n) is 8.28. The van der Waals surface area contributed by atoms with Gasteiger partial charge in [0, 0.05) is 25.8 Å². The number of hydrogen-bond donors (Lipinski definition) is 1. The zero-order chi connectivity index (χ0) is 19.3. The standard InChI is InChI=1S/C12H22N2O.C9H13NO/c1-10(2)14-8-5-12(6-9-14)4-7-13(3)11(12)15;1-7(2)8-3-4-9(6-11)10-5-8/h10H,4-9H2,1-3H3;3-5,7,11H,6H2,1-2H3. The quantitative estimate of drug-likeness (QED) is 0.899. The summed E-state index contributed by atoms with van der Waals surface area (Å²) in [7, 11) is 1.94. The van der Waals surface area contributed by atoms with Gasteiger partial charge < -0.3 is 14.9 Å². The molecule has 0 saturated carbocycles. The van der Waals surface area contributed by atoms with E-state index in [9.17, 15) is 4.79 Å². The molecule has 0 unspecified atom stereocenters. The summed E-state index contributed by atoms with van der Waals surface area (Å²) in [6, 6.07) is 4.48. The van der Waals surface area contributed by atoms with Gasteiger partial charge >= 0.3 is 0 Å². The number of aliphatic hydroxyl groups excluding tert-OH is 1. The third-order valence-electron chi connectivity index (χ3n) is 5.89. The molecule has 3 heterocycles. The Bertz CT molecular complexity index is 575. The summed E-state index contributed by atoms with van der Waals surface area (Å²) in [5, 5.41) is 8.70. The number of carbonyl (C=O) groups is 1. The normalized spacial score (nSPS) is 20.0. The van der Waals surface area contributed by atoms with E-state index < -0.39 is 0 Å². The van der Waals surface area contributed by atoms with E-state index in [4.69, 9.17) is 5.11 Å². The van der Waals surface area contributed by atoms with Gasteiger partial charge in [-0.15, -0.1) is 0 Å². The summed E-state index contributed by atoms with van der Waals surface area (Å²) >= 11 is 0. The SMILES string of the molecule is CC(C)N1CCC2(CCN(C)C2=O)CC1.CC(C)c1ccc(CO)nc1. The number of aliphatic hydroxyl groups is 1. The molecule has 0 radical (unpaired) electrons. The van der Waals surface area contributed by atoms with Crippen LogP contribution in [-0.2, 0) is 11.4 Å². The molecule has 146 valence electrons. The van der Waals surface area contributed by atoms with E-state index in [-0.39, 0.29) is 12.0 Å². The molecule has 1 aromatic rings. The van der Waals surface area contributed by atoms with Crippen LogP contribution in [0.3, 0.4) is 0 Å². The van der Waals surface area contributed by atoms with Crippen molar-refractivity contribution in [1.82, 2.24) is 14.8 Å². The molecule has 0 aromatic carbocycles. The first-order valence-electron chi connectivity index (χ1n) is 9.84. The summed E-state index contributed by atoms with van der Waals surface area (Å²) in [4.78, 5) is 20.5. The number of amides is 1. The molecule has 0 aliphatic carbocycles. The van der Waals surface area contributed by atoms with Crippen molar-refractivity contribution < 1.29 is 9.90 Å². The Morgan fingerprint density at radius 2 is 1.73 bits per heavy atom. The highest BCUT2D eigenvalue weighted by molar-refractivity contribution is 5.84. The van der Waals surface area contributed by atoms with Crippen LogP contribution in [-0.4, -0.2) is 58.5 Å². The molecule has 0 bridgehead atoms. The summed E-state index contributed by atoms with van der Waals surface area (Å²) in [6.45, 7) is 11.9. The molecule has 5 nitrogen and oxygen atoms in total. The summed E-state index contributed by atoms with van der Waals surface area (Å²) in [6.07, 6.45) is 5.02. The molecule has 1 aromatic heterocycles. The fourth-order valence-electron chi connectivity index (χ4n) is 3.80. The maximum atomic E-state index is 12.1. The summed E-state index contributed by atoms with van der Waals surface area (Å²) in [5.74, 6) is 0.904. The highest BCUT2D eigenvalue weighted by atomic mass is 16.3. The number of nitrogens with zero attached hydrogens (tertiary/aromatic N) is 3. The lowest BCUT2D eigenvalue weighted by Crippen LogP contribution is -2.46. The average Bonchev–Trinajstić information content (AvgIpc) is 2.91. The van der Waals surface area contributed by atoms with Crippen LogP contribution < -0.4 is 0 Å². The van der Waals surface area contributed by atoms with E-state index in [1.807, 2.05) is 30.3 Å². The van der Waals surface area contributed by atoms with Crippen molar-refractivity contribution in [1.29, 1.82) is 0 Å². The van der Waals surface area contributed by atoms with E-state index in [0.29, 0.717) is 17.9 Å². The first-order chi connectivity index (χ1) is 12.3. The highest BCUT2D eigenvalue weighted by Crippen LogP contribution is 2.41. The number of carbonyl (C=O) groups excluding carboxylic acids is 1. The van der Waals surface area contributed by atoms with Gasteiger partial charge in [0.15, 0.2) is 0 Å². The number of likely N-dealkylation sites (tertiary alicyclic amines) is 2. The summed E-state index contributed by atoms with van der Waals surface area (Å²) in [5.41, 5.74) is 1.96. The fourth-order valence-corrected chi connectivity index (χ4v) is 3.80. The number of pyridine rings is 1. The molecule has 2 saturated heterocycles. The third-order valence-corrected chi connectivity index (χ3v) is 5.89. The minimum absolute atomic E-state index is 0.0140. The largest absolute Gasteiger partial charge is 0.390 e. The minimum atomic E-state index is 0.0140. The van der Waals surface area contributed by atoms with Crippen molar-refractivity contribution in [3.8, 4) is 0 Å². The van der Waals surface area contributed by atoms with Crippen LogP contribution >= 0.6 is 0 Å². The van der Waals surface area contributed by atoms with E-state index in [2.05, 4.69) is 37.6 Å².